The summed E-state index contributed by atoms with van der Waals surface area (Å²) in [5.41, 5.74) is 0.380. The number of unbranched alkanes of at least 4 members (excludes halogenated alkanes) is 3. The molecule has 0 aliphatic rings. The van der Waals surface area contributed by atoms with Gasteiger partial charge in [0.25, 0.3) is 0 Å². The van der Waals surface area contributed by atoms with Gasteiger partial charge in [0.15, 0.2) is 5.52 Å². The minimum Gasteiger partial charge on any atom is -0.496 e. The Morgan fingerprint density at radius 1 is 0.862 bits per heavy atom. The summed E-state index contributed by atoms with van der Waals surface area (Å²) in [7, 11) is 4.57. The van der Waals surface area contributed by atoms with Crippen LogP contribution >= 0.6 is 8.58 Å². The molecular weight excluding hydrogens is 382 g/mol. The molecular formula is C22H29LiO5P. The van der Waals surface area contributed by atoms with Crippen molar-refractivity contribution in [3.05, 3.63) is 42.0 Å². The summed E-state index contributed by atoms with van der Waals surface area (Å²) in [5, 5.41) is 0.934. The van der Waals surface area contributed by atoms with Crippen molar-refractivity contribution in [2.24, 2.45) is 0 Å². The van der Waals surface area contributed by atoms with Crippen LogP contribution in [0.3, 0.4) is 0 Å². The third-order valence-electron chi connectivity index (χ3n) is 4.32. The van der Waals surface area contributed by atoms with E-state index in [2.05, 4.69) is 6.92 Å². The number of hydrogen-bond donors (Lipinski definition) is 0. The molecule has 0 aromatic heterocycles. The second-order valence-corrected chi connectivity index (χ2v) is 7.58. The van der Waals surface area contributed by atoms with Crippen molar-refractivity contribution in [3.8, 4) is 23.0 Å². The van der Waals surface area contributed by atoms with E-state index >= 15 is 0 Å². The summed E-state index contributed by atoms with van der Waals surface area (Å²) >= 11 is 0. The first-order valence-electron chi connectivity index (χ1n) is 9.47. The Kier molecular flexibility index (Phi) is 11.8. The Balaban J connectivity index is 0.00000420. The van der Waals surface area contributed by atoms with Crippen LogP contribution in [-0.2, 0) is 0 Å². The SMILES string of the molecule is CCCCCCOc1ccc(PC(=O)c2c(OC)cc(OC)cc2OC)cc1.[Li]. The van der Waals surface area contributed by atoms with Gasteiger partial charge in [0.2, 0.25) is 0 Å². The number of ether oxygens (including phenoxy) is 4. The molecule has 0 heterocycles. The van der Waals surface area contributed by atoms with E-state index < -0.39 is 0 Å². The molecule has 0 N–H and O–H groups in total. The number of methoxy groups -OCH3 is 3. The Morgan fingerprint density at radius 3 is 2.00 bits per heavy atom. The summed E-state index contributed by atoms with van der Waals surface area (Å²) in [6.45, 7) is 2.92. The smallest absolute Gasteiger partial charge is 0.193 e. The van der Waals surface area contributed by atoms with Crippen LogP contribution in [0.1, 0.15) is 43.0 Å². The first-order valence-corrected chi connectivity index (χ1v) is 10.5. The monoisotopic (exact) mass is 411 g/mol. The molecule has 5 nitrogen and oxygen atoms in total. The van der Waals surface area contributed by atoms with E-state index in [1.165, 1.54) is 33.5 Å². The van der Waals surface area contributed by atoms with Gasteiger partial charge in [-0.1, -0.05) is 38.3 Å². The third kappa shape index (κ3) is 7.59. The van der Waals surface area contributed by atoms with Crippen molar-refractivity contribution in [3.63, 3.8) is 0 Å². The maximum atomic E-state index is 12.9. The molecule has 0 amide bonds. The Bertz CT molecular complexity index is 739. The fraction of sp³-hybridized carbons (Fsp3) is 0.409. The molecule has 0 spiro atoms. The van der Waals surface area contributed by atoms with Crippen molar-refractivity contribution >= 4 is 38.3 Å². The second kappa shape index (κ2) is 13.5. The van der Waals surface area contributed by atoms with Gasteiger partial charge in [0, 0.05) is 31.0 Å². The Hall–Kier alpha value is -1.66. The number of hydrogen-bond acceptors (Lipinski definition) is 5. The van der Waals surface area contributed by atoms with Crippen LogP contribution in [0.2, 0.25) is 0 Å². The molecule has 1 radical (unpaired) electrons. The van der Waals surface area contributed by atoms with Crippen LogP contribution in [0.25, 0.3) is 0 Å². The van der Waals surface area contributed by atoms with Gasteiger partial charge in [-0.15, -0.1) is 0 Å². The van der Waals surface area contributed by atoms with Crippen molar-refractivity contribution in [1.29, 1.82) is 0 Å². The van der Waals surface area contributed by atoms with Crippen molar-refractivity contribution < 1.29 is 23.7 Å². The minimum absolute atomic E-state index is 0. The standard InChI is InChI=1S/C22H29O5P.Li/c1-5-6-7-8-13-27-16-9-11-18(12-10-16)28-22(23)21-19(25-3)14-17(24-2)15-20(21)26-4;/h9-12,14-15,28H,5-8,13H2,1-4H3;. The molecule has 0 bridgehead atoms. The quantitative estimate of drug-likeness (QED) is 0.294. The van der Waals surface area contributed by atoms with E-state index in [1.54, 1.807) is 19.2 Å². The van der Waals surface area contributed by atoms with Gasteiger partial charge in [-0.3, -0.25) is 4.79 Å². The Morgan fingerprint density at radius 2 is 1.48 bits per heavy atom. The predicted octanol–water partition coefficient (Wildman–Crippen LogP) is 4.43. The van der Waals surface area contributed by atoms with Gasteiger partial charge >= 0.3 is 0 Å². The maximum Gasteiger partial charge on any atom is 0.193 e. The summed E-state index contributed by atoms with van der Waals surface area (Å²) < 4.78 is 21.8. The first-order chi connectivity index (χ1) is 13.6. The molecule has 0 aliphatic carbocycles. The molecule has 153 valence electrons. The van der Waals surface area contributed by atoms with E-state index in [4.69, 9.17) is 18.9 Å². The molecule has 7 heteroatoms. The van der Waals surface area contributed by atoms with E-state index in [1.807, 2.05) is 24.3 Å². The van der Waals surface area contributed by atoms with Gasteiger partial charge in [0.05, 0.1) is 27.9 Å². The number of carbonyl (C=O) groups is 1. The van der Waals surface area contributed by atoms with Crippen LogP contribution in [0.5, 0.6) is 23.0 Å². The average molecular weight is 411 g/mol. The molecule has 2 aromatic carbocycles. The fourth-order valence-corrected chi connectivity index (χ4v) is 3.74. The zero-order valence-corrected chi connectivity index (χ0v) is 19.0. The van der Waals surface area contributed by atoms with Crippen LogP contribution < -0.4 is 24.3 Å². The van der Waals surface area contributed by atoms with Gasteiger partial charge in [0.1, 0.15) is 28.6 Å². The minimum atomic E-state index is -0.0513. The van der Waals surface area contributed by atoms with E-state index in [9.17, 15) is 4.79 Å². The van der Waals surface area contributed by atoms with E-state index in [0.29, 0.717) is 22.8 Å². The fourth-order valence-electron chi connectivity index (χ4n) is 2.78. The van der Waals surface area contributed by atoms with Crippen molar-refractivity contribution in [1.82, 2.24) is 0 Å². The molecule has 0 saturated carbocycles. The molecule has 0 fully saturated rings. The largest absolute Gasteiger partial charge is 0.496 e. The maximum absolute atomic E-state index is 12.9. The molecule has 29 heavy (non-hydrogen) atoms. The molecule has 0 aliphatic heterocycles. The number of rotatable bonds is 12. The van der Waals surface area contributed by atoms with Gasteiger partial charge in [-0.05, 0) is 32.4 Å². The van der Waals surface area contributed by atoms with Gasteiger partial charge < -0.3 is 18.9 Å². The Labute approximate surface area is 187 Å². The van der Waals surface area contributed by atoms with Crippen LogP contribution in [0.15, 0.2) is 36.4 Å². The van der Waals surface area contributed by atoms with Crippen LogP contribution in [0.4, 0.5) is 0 Å². The van der Waals surface area contributed by atoms with Crippen LogP contribution in [-0.4, -0.2) is 52.3 Å². The average Bonchev–Trinajstić information content (AvgIpc) is 2.73. The van der Waals surface area contributed by atoms with Crippen LogP contribution in [0, 0.1) is 0 Å². The number of benzene rings is 2. The van der Waals surface area contributed by atoms with E-state index in [0.717, 1.165) is 24.1 Å². The molecule has 0 saturated heterocycles. The normalized spacial score (nSPS) is 10.5. The predicted molar refractivity (Wildman–Crippen MR) is 120 cm³/mol. The van der Waals surface area contributed by atoms with E-state index in [-0.39, 0.29) is 33.0 Å². The van der Waals surface area contributed by atoms with Crippen molar-refractivity contribution in [2.75, 3.05) is 27.9 Å². The molecule has 1 atom stereocenters. The molecule has 2 rings (SSSR count). The topological polar surface area (TPSA) is 54.0 Å². The first kappa shape index (κ1) is 25.4. The number of carbonyl (C=O) groups excluding carboxylic acids is 1. The summed E-state index contributed by atoms with van der Waals surface area (Å²) in [6, 6.07) is 11.1. The zero-order valence-electron chi connectivity index (χ0n) is 18.0. The van der Waals surface area contributed by atoms with Crippen molar-refractivity contribution in [2.45, 2.75) is 32.6 Å². The third-order valence-corrected chi connectivity index (χ3v) is 5.42. The zero-order chi connectivity index (χ0) is 20.4. The van der Waals surface area contributed by atoms with Gasteiger partial charge in [-0.25, -0.2) is 0 Å². The second-order valence-electron chi connectivity index (χ2n) is 6.29. The molecule has 1 unspecified atom stereocenters. The van der Waals surface area contributed by atoms with Gasteiger partial charge in [-0.2, -0.15) is 0 Å². The summed E-state index contributed by atoms with van der Waals surface area (Å²) in [5.74, 6) is 2.30. The molecule has 2 aromatic rings. The summed E-state index contributed by atoms with van der Waals surface area (Å²) in [4.78, 5) is 12.9. The summed E-state index contributed by atoms with van der Waals surface area (Å²) in [6.07, 6.45) is 4.71.